The number of hydrogen-bond acceptors (Lipinski definition) is 4. The van der Waals surface area contributed by atoms with Crippen molar-refractivity contribution in [2.24, 2.45) is 0 Å². The first-order valence-electron chi connectivity index (χ1n) is 7.47. The van der Waals surface area contributed by atoms with Crippen LogP contribution in [0.1, 0.15) is 25.5 Å². The van der Waals surface area contributed by atoms with Crippen LogP contribution >= 0.6 is 0 Å². The minimum absolute atomic E-state index is 0.0555. The lowest BCUT2D eigenvalue weighted by Crippen LogP contribution is -2.56. The normalized spacial score (nSPS) is 21.7. The maximum atomic E-state index is 12.5. The number of nitrogens with one attached hydrogen (secondary N) is 1. The van der Waals surface area contributed by atoms with E-state index in [2.05, 4.69) is 10.3 Å². The molecule has 6 heteroatoms. The van der Waals surface area contributed by atoms with Crippen molar-refractivity contribution in [3.8, 4) is 0 Å². The number of piperazine rings is 1. The Morgan fingerprint density at radius 2 is 2.24 bits per heavy atom. The molecule has 3 rings (SSSR count). The summed E-state index contributed by atoms with van der Waals surface area (Å²) in [4.78, 5) is 32.4. The van der Waals surface area contributed by atoms with E-state index in [0.29, 0.717) is 6.54 Å². The Labute approximate surface area is 124 Å². The Morgan fingerprint density at radius 1 is 1.38 bits per heavy atom. The summed E-state index contributed by atoms with van der Waals surface area (Å²) in [6.45, 7) is 4.10. The third kappa shape index (κ3) is 2.70. The zero-order valence-corrected chi connectivity index (χ0v) is 12.2. The molecular weight excluding hydrogens is 268 g/mol. The van der Waals surface area contributed by atoms with Crippen LogP contribution in [0.2, 0.25) is 0 Å². The highest BCUT2D eigenvalue weighted by atomic mass is 16.2. The number of carbonyl (C=O) groups excluding carboxylic acids is 2. The smallest absolute Gasteiger partial charge is 0.246 e. The average molecular weight is 288 g/mol. The number of rotatable bonds is 4. The van der Waals surface area contributed by atoms with Gasteiger partial charge in [-0.25, -0.2) is 4.98 Å². The molecule has 112 valence electrons. The van der Waals surface area contributed by atoms with Crippen LogP contribution in [0.3, 0.4) is 0 Å². The van der Waals surface area contributed by atoms with Crippen molar-refractivity contribution in [3.63, 3.8) is 0 Å². The molecule has 0 spiro atoms. The Hall–Kier alpha value is -2.11. The molecule has 1 atom stereocenters. The Bertz CT molecular complexity index is 560. The van der Waals surface area contributed by atoms with E-state index in [0.717, 1.165) is 37.4 Å². The molecule has 0 aliphatic carbocycles. The van der Waals surface area contributed by atoms with Crippen LogP contribution in [0.4, 0.5) is 5.82 Å². The summed E-state index contributed by atoms with van der Waals surface area (Å²) in [6, 6.07) is 5.45. The van der Waals surface area contributed by atoms with Gasteiger partial charge >= 0.3 is 0 Å². The molecule has 21 heavy (non-hydrogen) atoms. The molecule has 6 nitrogen and oxygen atoms in total. The second kappa shape index (κ2) is 5.71. The Morgan fingerprint density at radius 3 is 3.05 bits per heavy atom. The summed E-state index contributed by atoms with van der Waals surface area (Å²) < 4.78 is 0. The zero-order chi connectivity index (χ0) is 14.8. The molecule has 1 aromatic rings. The van der Waals surface area contributed by atoms with E-state index in [1.165, 1.54) is 0 Å². The molecule has 0 radical (unpaired) electrons. The van der Waals surface area contributed by atoms with Gasteiger partial charge in [0.05, 0.1) is 12.2 Å². The van der Waals surface area contributed by atoms with Crippen molar-refractivity contribution >= 4 is 17.6 Å². The number of amides is 2. The predicted octanol–water partition coefficient (Wildman–Crippen LogP) is 0.847. The van der Waals surface area contributed by atoms with Gasteiger partial charge in [-0.15, -0.1) is 0 Å². The maximum Gasteiger partial charge on any atom is 0.246 e. The van der Waals surface area contributed by atoms with Crippen molar-refractivity contribution in [1.29, 1.82) is 0 Å². The van der Waals surface area contributed by atoms with Crippen molar-refractivity contribution in [2.45, 2.75) is 32.4 Å². The predicted molar refractivity (Wildman–Crippen MR) is 78.6 cm³/mol. The van der Waals surface area contributed by atoms with E-state index >= 15 is 0 Å². The van der Waals surface area contributed by atoms with Gasteiger partial charge in [0.25, 0.3) is 0 Å². The highest BCUT2D eigenvalue weighted by Gasteiger charge is 2.41. The molecule has 2 saturated heterocycles. The van der Waals surface area contributed by atoms with E-state index in [1.54, 1.807) is 9.80 Å². The number of anilines is 1. The first kappa shape index (κ1) is 13.9. The number of carbonyl (C=O) groups is 2. The number of nitrogens with zero attached hydrogens (tertiary/aromatic N) is 3. The van der Waals surface area contributed by atoms with Gasteiger partial charge in [0, 0.05) is 13.1 Å². The van der Waals surface area contributed by atoms with Gasteiger partial charge in [0.2, 0.25) is 11.8 Å². The van der Waals surface area contributed by atoms with E-state index in [-0.39, 0.29) is 24.4 Å². The van der Waals surface area contributed by atoms with Crippen LogP contribution in [0.5, 0.6) is 0 Å². The molecule has 1 unspecified atom stereocenters. The van der Waals surface area contributed by atoms with E-state index < -0.39 is 0 Å². The van der Waals surface area contributed by atoms with Gasteiger partial charge in [-0.1, -0.05) is 6.07 Å². The van der Waals surface area contributed by atoms with Crippen molar-refractivity contribution in [1.82, 2.24) is 14.8 Å². The minimum Gasteiger partial charge on any atom is -0.370 e. The number of fused-ring (bicyclic) bond motifs is 1. The molecule has 3 heterocycles. The lowest BCUT2D eigenvalue weighted by Gasteiger charge is -2.36. The summed E-state index contributed by atoms with van der Waals surface area (Å²) in [7, 11) is 0. The fourth-order valence-electron chi connectivity index (χ4n) is 3.04. The maximum absolute atomic E-state index is 12.5. The molecule has 2 aliphatic rings. The van der Waals surface area contributed by atoms with Crippen molar-refractivity contribution in [2.75, 3.05) is 25.0 Å². The summed E-state index contributed by atoms with van der Waals surface area (Å²) in [5.74, 6) is 0.913. The first-order chi connectivity index (χ1) is 10.2. The van der Waals surface area contributed by atoms with E-state index in [4.69, 9.17) is 0 Å². The average Bonchev–Trinajstić information content (AvgIpc) is 2.95. The molecule has 0 aromatic carbocycles. The molecule has 1 N–H and O–H groups in total. The summed E-state index contributed by atoms with van der Waals surface area (Å²) >= 11 is 0. The molecule has 2 amide bonds. The highest BCUT2D eigenvalue weighted by molar-refractivity contribution is 5.95. The number of hydrogen-bond donors (Lipinski definition) is 1. The molecule has 0 saturated carbocycles. The summed E-state index contributed by atoms with van der Waals surface area (Å²) in [6.07, 6.45) is 1.70. The summed E-state index contributed by atoms with van der Waals surface area (Å²) in [5.41, 5.74) is 0.807. The molecular formula is C15H20N4O2. The Kier molecular flexibility index (Phi) is 3.77. The molecule has 2 fully saturated rings. The van der Waals surface area contributed by atoms with E-state index in [9.17, 15) is 9.59 Å². The fourth-order valence-corrected chi connectivity index (χ4v) is 3.04. The van der Waals surface area contributed by atoms with Gasteiger partial charge in [-0.2, -0.15) is 0 Å². The van der Waals surface area contributed by atoms with Crippen LogP contribution < -0.4 is 5.32 Å². The minimum atomic E-state index is -0.247. The van der Waals surface area contributed by atoms with Crippen LogP contribution in [0.15, 0.2) is 18.2 Å². The second-order valence-corrected chi connectivity index (χ2v) is 5.48. The lowest BCUT2D eigenvalue weighted by atomic mass is 10.1. The van der Waals surface area contributed by atoms with Crippen LogP contribution in [-0.2, 0) is 16.1 Å². The van der Waals surface area contributed by atoms with Gasteiger partial charge in [-0.05, 0) is 31.9 Å². The zero-order valence-electron chi connectivity index (χ0n) is 12.2. The van der Waals surface area contributed by atoms with Gasteiger partial charge in [0.1, 0.15) is 18.4 Å². The van der Waals surface area contributed by atoms with Gasteiger partial charge in [-0.3, -0.25) is 9.59 Å². The standard InChI is InChI=1S/C15H20N4O2/c1-2-16-13-7-3-5-11(17-13)9-18-10-14(20)19-8-4-6-12(19)15(18)21/h3,5,7,12H,2,4,6,8-10H2,1H3,(H,16,17). The molecule has 2 aliphatic heterocycles. The fraction of sp³-hybridized carbons (Fsp3) is 0.533. The van der Waals surface area contributed by atoms with Crippen LogP contribution in [-0.4, -0.2) is 52.3 Å². The van der Waals surface area contributed by atoms with Crippen LogP contribution in [0.25, 0.3) is 0 Å². The lowest BCUT2D eigenvalue weighted by molar-refractivity contribution is -0.154. The Balaban J connectivity index is 1.73. The quantitative estimate of drug-likeness (QED) is 0.892. The largest absolute Gasteiger partial charge is 0.370 e. The third-order valence-corrected chi connectivity index (χ3v) is 4.01. The van der Waals surface area contributed by atoms with Crippen molar-refractivity contribution < 1.29 is 9.59 Å². The van der Waals surface area contributed by atoms with Crippen molar-refractivity contribution in [3.05, 3.63) is 23.9 Å². The second-order valence-electron chi connectivity index (χ2n) is 5.48. The topological polar surface area (TPSA) is 65.5 Å². The molecule has 1 aromatic heterocycles. The number of pyridine rings is 1. The van der Waals surface area contributed by atoms with E-state index in [1.807, 2.05) is 25.1 Å². The van der Waals surface area contributed by atoms with Crippen LogP contribution in [0, 0.1) is 0 Å². The van der Waals surface area contributed by atoms with Gasteiger partial charge < -0.3 is 15.1 Å². The van der Waals surface area contributed by atoms with Gasteiger partial charge in [0.15, 0.2) is 0 Å². The summed E-state index contributed by atoms with van der Waals surface area (Å²) in [5, 5.41) is 3.15. The molecule has 0 bridgehead atoms. The monoisotopic (exact) mass is 288 g/mol. The highest BCUT2D eigenvalue weighted by Crippen LogP contribution is 2.24. The SMILES string of the molecule is CCNc1cccc(CN2CC(=O)N3CCCC3C2=O)n1. The number of aromatic nitrogens is 1. The first-order valence-corrected chi connectivity index (χ1v) is 7.47. The third-order valence-electron chi connectivity index (χ3n) is 4.01.